The molecule has 35 heavy (non-hydrogen) atoms. The molecule has 194 valence electrons. The molecule has 1 saturated heterocycles. The summed E-state index contributed by atoms with van der Waals surface area (Å²) in [6, 6.07) is 6.92. The van der Waals surface area contributed by atoms with E-state index in [9.17, 15) is 14.4 Å². The Labute approximate surface area is 215 Å². The predicted molar refractivity (Wildman–Crippen MR) is 139 cm³/mol. The first-order valence-corrected chi connectivity index (χ1v) is 13.2. The van der Waals surface area contributed by atoms with Gasteiger partial charge in [0, 0.05) is 6.54 Å². The number of amides is 3. The molecule has 0 spiro atoms. The Kier molecular flexibility index (Phi) is 9.99. The van der Waals surface area contributed by atoms with Crippen LogP contribution in [-0.4, -0.2) is 54.3 Å². The Bertz CT molecular complexity index is 889. The Hall–Kier alpha value is -2.12. The third-order valence-electron chi connectivity index (χ3n) is 8.04. The molecule has 1 aliphatic heterocycles. The minimum absolute atomic E-state index is 0. The Morgan fingerprint density at radius 3 is 2.46 bits per heavy atom. The highest BCUT2D eigenvalue weighted by atomic mass is 35.5. The zero-order valence-electron chi connectivity index (χ0n) is 21.1. The number of likely N-dealkylation sites (N-methyl/N-ethyl adjacent to an activating group) is 1. The molecule has 8 heteroatoms. The van der Waals surface area contributed by atoms with E-state index in [1.807, 2.05) is 6.07 Å². The molecule has 1 aromatic carbocycles. The molecule has 3 N–H and O–H groups in total. The van der Waals surface area contributed by atoms with Crippen LogP contribution in [0.15, 0.2) is 24.3 Å². The van der Waals surface area contributed by atoms with Crippen LogP contribution < -0.4 is 16.0 Å². The lowest BCUT2D eigenvalue weighted by atomic mass is 9.83. The zero-order valence-corrected chi connectivity index (χ0v) is 21.9. The van der Waals surface area contributed by atoms with Crippen LogP contribution in [0.4, 0.5) is 0 Å². The molecule has 7 nitrogen and oxygen atoms in total. The number of hydrogen-bond donors (Lipinski definition) is 3. The summed E-state index contributed by atoms with van der Waals surface area (Å²) in [7, 11) is 1.74. The van der Waals surface area contributed by atoms with Gasteiger partial charge in [-0.05, 0) is 76.0 Å². The van der Waals surface area contributed by atoms with Gasteiger partial charge in [-0.3, -0.25) is 14.4 Å². The molecule has 0 radical (unpaired) electrons. The molecule has 3 aliphatic rings. The van der Waals surface area contributed by atoms with Gasteiger partial charge in [-0.25, -0.2) is 0 Å². The second kappa shape index (κ2) is 12.7. The summed E-state index contributed by atoms with van der Waals surface area (Å²) in [5.41, 5.74) is 2.50. The first kappa shape index (κ1) is 27.5. The summed E-state index contributed by atoms with van der Waals surface area (Å²) in [6.07, 6.45) is 9.71. The number of aryl methyl sites for hydroxylation is 1. The van der Waals surface area contributed by atoms with Gasteiger partial charge in [-0.1, -0.05) is 43.5 Å². The average molecular weight is 505 g/mol. The number of rotatable bonds is 7. The second-order valence-electron chi connectivity index (χ2n) is 10.2. The van der Waals surface area contributed by atoms with Gasteiger partial charge in [0.15, 0.2) is 0 Å². The molecule has 3 amide bonds. The van der Waals surface area contributed by atoms with Crippen molar-refractivity contribution in [3.05, 3.63) is 35.4 Å². The molecule has 0 aromatic heterocycles. The summed E-state index contributed by atoms with van der Waals surface area (Å²) in [5.74, 6) is -0.190. The van der Waals surface area contributed by atoms with Gasteiger partial charge in [0.25, 0.3) is 0 Å². The first-order chi connectivity index (χ1) is 16.5. The van der Waals surface area contributed by atoms with Gasteiger partial charge in [0.05, 0.1) is 12.1 Å². The maximum absolute atomic E-state index is 13.8. The number of fused-ring (bicyclic) bond motifs is 1. The monoisotopic (exact) mass is 504 g/mol. The van der Waals surface area contributed by atoms with Gasteiger partial charge in [0.2, 0.25) is 17.7 Å². The van der Waals surface area contributed by atoms with Crippen molar-refractivity contribution in [2.24, 2.45) is 5.92 Å². The van der Waals surface area contributed by atoms with E-state index in [-0.39, 0.29) is 48.1 Å². The van der Waals surface area contributed by atoms with Crippen LogP contribution in [0.3, 0.4) is 0 Å². The van der Waals surface area contributed by atoms with Crippen LogP contribution in [0, 0.1) is 5.92 Å². The predicted octanol–water partition coefficient (Wildman–Crippen LogP) is 3.27. The summed E-state index contributed by atoms with van der Waals surface area (Å²) in [4.78, 5) is 41.7. The number of benzene rings is 1. The highest BCUT2D eigenvalue weighted by Gasteiger charge is 2.41. The Balaban J connectivity index is 0.00000342. The molecule has 1 heterocycles. The summed E-state index contributed by atoms with van der Waals surface area (Å²) >= 11 is 0. The molecule has 4 atom stereocenters. The SMILES string of the molecule is CNC(C)C(=O)NC(C(=O)N1CCCC1C(=O)NC1CCCc2ccccc21)C1CCCCC1.Cl. The van der Waals surface area contributed by atoms with E-state index in [0.717, 1.165) is 51.4 Å². The van der Waals surface area contributed by atoms with E-state index in [1.165, 1.54) is 17.5 Å². The van der Waals surface area contributed by atoms with E-state index in [0.29, 0.717) is 13.0 Å². The van der Waals surface area contributed by atoms with Crippen LogP contribution in [-0.2, 0) is 20.8 Å². The largest absolute Gasteiger partial charge is 0.347 e. The van der Waals surface area contributed by atoms with Crippen molar-refractivity contribution in [2.45, 2.75) is 95.3 Å². The second-order valence-corrected chi connectivity index (χ2v) is 10.2. The molecule has 2 aliphatic carbocycles. The summed E-state index contributed by atoms with van der Waals surface area (Å²) in [6.45, 7) is 2.37. The maximum atomic E-state index is 13.8. The van der Waals surface area contributed by atoms with Crippen LogP contribution in [0.25, 0.3) is 0 Å². The van der Waals surface area contributed by atoms with E-state index in [1.54, 1.807) is 18.9 Å². The minimum atomic E-state index is -0.563. The van der Waals surface area contributed by atoms with Crippen LogP contribution in [0.1, 0.15) is 81.9 Å². The number of nitrogens with zero attached hydrogens (tertiary/aromatic N) is 1. The lowest BCUT2D eigenvalue weighted by Gasteiger charge is -2.35. The summed E-state index contributed by atoms with van der Waals surface area (Å²) in [5, 5.41) is 9.26. The molecule has 1 saturated carbocycles. The highest BCUT2D eigenvalue weighted by molar-refractivity contribution is 5.93. The zero-order chi connectivity index (χ0) is 24.1. The van der Waals surface area contributed by atoms with Crippen molar-refractivity contribution in [1.29, 1.82) is 0 Å². The van der Waals surface area contributed by atoms with Gasteiger partial charge in [-0.15, -0.1) is 12.4 Å². The molecular weight excluding hydrogens is 464 g/mol. The Morgan fingerprint density at radius 1 is 0.971 bits per heavy atom. The van der Waals surface area contributed by atoms with Crippen molar-refractivity contribution in [1.82, 2.24) is 20.9 Å². The molecular formula is C27H41ClN4O3. The number of carbonyl (C=O) groups excluding carboxylic acids is 3. The third-order valence-corrected chi connectivity index (χ3v) is 8.04. The quantitative estimate of drug-likeness (QED) is 0.531. The van der Waals surface area contributed by atoms with Gasteiger partial charge in [-0.2, -0.15) is 0 Å². The summed E-state index contributed by atoms with van der Waals surface area (Å²) < 4.78 is 0. The van der Waals surface area contributed by atoms with Crippen molar-refractivity contribution in [3.63, 3.8) is 0 Å². The topological polar surface area (TPSA) is 90.5 Å². The molecule has 2 fully saturated rings. The van der Waals surface area contributed by atoms with Crippen LogP contribution in [0.2, 0.25) is 0 Å². The average Bonchev–Trinajstić information content (AvgIpc) is 3.37. The van der Waals surface area contributed by atoms with Gasteiger partial charge in [0.1, 0.15) is 12.1 Å². The normalized spacial score (nSPS) is 24.0. The van der Waals surface area contributed by atoms with Crippen LogP contribution in [0.5, 0.6) is 0 Å². The third kappa shape index (κ3) is 6.36. The van der Waals surface area contributed by atoms with Crippen LogP contribution >= 0.6 is 12.4 Å². The number of carbonyl (C=O) groups is 3. The Morgan fingerprint density at radius 2 is 1.71 bits per heavy atom. The highest BCUT2D eigenvalue weighted by Crippen LogP contribution is 2.32. The van der Waals surface area contributed by atoms with E-state index in [4.69, 9.17) is 0 Å². The standard InChI is InChI=1S/C27H40N4O3.ClH/c1-18(28-2)25(32)30-24(20-11-4-3-5-12-20)27(34)31-17-9-16-23(31)26(33)29-22-15-8-13-19-10-6-7-14-21(19)22;/h6-7,10,14,18,20,22-24,28H,3-5,8-9,11-13,15-17H2,1-2H3,(H,29,33)(H,30,32);1H. The van der Waals surface area contributed by atoms with Gasteiger partial charge < -0.3 is 20.9 Å². The maximum Gasteiger partial charge on any atom is 0.246 e. The fraction of sp³-hybridized carbons (Fsp3) is 0.667. The fourth-order valence-corrected chi connectivity index (χ4v) is 5.91. The van der Waals surface area contributed by atoms with Crippen molar-refractivity contribution in [3.8, 4) is 0 Å². The van der Waals surface area contributed by atoms with Crippen molar-refractivity contribution in [2.75, 3.05) is 13.6 Å². The number of nitrogens with one attached hydrogen (secondary N) is 3. The number of halogens is 1. The minimum Gasteiger partial charge on any atom is -0.347 e. The van der Waals surface area contributed by atoms with Crippen molar-refractivity contribution < 1.29 is 14.4 Å². The lowest BCUT2D eigenvalue weighted by Crippen LogP contribution is -2.58. The number of likely N-dealkylation sites (tertiary alicyclic amines) is 1. The molecule has 0 bridgehead atoms. The fourth-order valence-electron chi connectivity index (χ4n) is 5.91. The number of hydrogen-bond acceptors (Lipinski definition) is 4. The van der Waals surface area contributed by atoms with Crippen molar-refractivity contribution >= 4 is 30.1 Å². The smallest absolute Gasteiger partial charge is 0.246 e. The van der Waals surface area contributed by atoms with Gasteiger partial charge >= 0.3 is 0 Å². The molecule has 4 rings (SSSR count). The lowest BCUT2D eigenvalue weighted by molar-refractivity contribution is -0.143. The molecule has 1 aromatic rings. The van der Waals surface area contributed by atoms with E-state index < -0.39 is 12.1 Å². The molecule has 4 unspecified atom stereocenters. The van der Waals surface area contributed by atoms with E-state index in [2.05, 4.69) is 34.1 Å². The van der Waals surface area contributed by atoms with E-state index >= 15 is 0 Å². The first-order valence-electron chi connectivity index (χ1n) is 13.2.